The Bertz CT molecular complexity index is 1210. The molecule has 1 aliphatic heterocycles. The van der Waals surface area contributed by atoms with Crippen LogP contribution in [0.2, 0.25) is 0 Å². The Morgan fingerprint density at radius 1 is 1.05 bits per heavy atom. The molecule has 2 atom stereocenters. The normalized spacial score (nSPS) is 18.1. The number of rotatable bonds is 9. The second-order valence-electron chi connectivity index (χ2n) is 9.84. The molecule has 9 heteroatoms. The topological polar surface area (TPSA) is 75.0 Å². The Labute approximate surface area is 221 Å². The van der Waals surface area contributed by atoms with Crippen molar-refractivity contribution in [2.75, 3.05) is 13.1 Å². The summed E-state index contributed by atoms with van der Waals surface area (Å²) in [7, 11) is 0. The summed E-state index contributed by atoms with van der Waals surface area (Å²) in [6.45, 7) is 3.99. The number of benzene rings is 2. The predicted molar refractivity (Wildman–Crippen MR) is 139 cm³/mol. The van der Waals surface area contributed by atoms with Gasteiger partial charge in [-0.15, -0.1) is 0 Å². The van der Waals surface area contributed by atoms with Gasteiger partial charge in [0, 0.05) is 49.3 Å². The largest absolute Gasteiger partial charge is 0.464 e. The van der Waals surface area contributed by atoms with Gasteiger partial charge in [-0.3, -0.25) is 14.5 Å². The summed E-state index contributed by atoms with van der Waals surface area (Å²) in [5.41, 5.74) is 2.44. The first-order valence-corrected chi connectivity index (χ1v) is 12.7. The predicted octanol–water partition coefficient (Wildman–Crippen LogP) is 4.92. The third-order valence-corrected chi connectivity index (χ3v) is 6.62. The molecule has 0 bridgehead atoms. The molecule has 38 heavy (non-hydrogen) atoms. The highest BCUT2D eigenvalue weighted by molar-refractivity contribution is 5.89. The molecule has 3 aromatic rings. The number of nitrogens with one attached hydrogen (secondary N) is 1. The van der Waals surface area contributed by atoms with Crippen LogP contribution >= 0.6 is 0 Å². The maximum Gasteiger partial charge on any atom is 0.387 e. The number of carbonyl (C=O) groups excluding carboxylic acids is 2. The summed E-state index contributed by atoms with van der Waals surface area (Å²) in [6.07, 6.45) is 1.62. The number of furan rings is 1. The summed E-state index contributed by atoms with van der Waals surface area (Å²) in [5, 5.41) is 2.98. The number of nitrogens with zero attached hydrogens (tertiary/aromatic N) is 2. The molecule has 1 saturated heterocycles. The van der Waals surface area contributed by atoms with Crippen molar-refractivity contribution in [2.24, 2.45) is 5.92 Å². The van der Waals surface area contributed by atoms with Gasteiger partial charge in [-0.2, -0.15) is 8.78 Å². The van der Waals surface area contributed by atoms with Gasteiger partial charge in [0.2, 0.25) is 11.8 Å². The van der Waals surface area contributed by atoms with Gasteiger partial charge >= 0.3 is 6.61 Å². The Kier molecular flexibility index (Phi) is 8.78. The van der Waals surface area contributed by atoms with E-state index in [4.69, 9.17) is 4.42 Å². The van der Waals surface area contributed by atoms with Crippen molar-refractivity contribution < 1.29 is 27.5 Å². The average Bonchev–Trinajstić information content (AvgIpc) is 3.43. The van der Waals surface area contributed by atoms with E-state index in [-0.39, 0.29) is 36.1 Å². The van der Waals surface area contributed by atoms with Crippen molar-refractivity contribution in [3.8, 4) is 17.1 Å². The van der Waals surface area contributed by atoms with Gasteiger partial charge in [-0.05, 0) is 30.7 Å². The van der Waals surface area contributed by atoms with Crippen LogP contribution in [0.1, 0.15) is 31.9 Å². The number of amides is 2. The molecule has 1 N–H and O–H groups in total. The number of alkyl halides is 2. The fourth-order valence-corrected chi connectivity index (χ4v) is 4.81. The molecular weight excluding hydrogens is 492 g/mol. The molecule has 2 unspecified atom stereocenters. The zero-order valence-electron chi connectivity index (χ0n) is 21.8. The Morgan fingerprint density at radius 2 is 1.79 bits per heavy atom. The van der Waals surface area contributed by atoms with Gasteiger partial charge in [0.15, 0.2) is 0 Å². The van der Waals surface area contributed by atoms with Gasteiger partial charge in [0.25, 0.3) is 0 Å². The molecule has 2 amide bonds. The van der Waals surface area contributed by atoms with E-state index < -0.39 is 12.7 Å². The minimum Gasteiger partial charge on any atom is -0.464 e. The lowest BCUT2D eigenvalue weighted by molar-refractivity contribution is -0.150. The monoisotopic (exact) mass is 525 g/mol. The van der Waals surface area contributed by atoms with Gasteiger partial charge in [0.05, 0.1) is 6.26 Å². The maximum atomic E-state index is 13.4. The third kappa shape index (κ3) is 6.58. The molecule has 2 aromatic carbocycles. The molecule has 0 spiro atoms. The smallest absolute Gasteiger partial charge is 0.387 e. The van der Waals surface area contributed by atoms with Crippen LogP contribution in [0, 0.1) is 5.92 Å². The van der Waals surface area contributed by atoms with E-state index in [1.54, 1.807) is 29.4 Å². The van der Waals surface area contributed by atoms with E-state index in [2.05, 4.69) is 10.1 Å². The fraction of sp³-hybridized carbons (Fsp3) is 0.379. The van der Waals surface area contributed by atoms with Crippen molar-refractivity contribution in [1.82, 2.24) is 15.1 Å². The van der Waals surface area contributed by atoms with Crippen LogP contribution in [0.5, 0.6) is 5.75 Å². The number of halogens is 2. The third-order valence-electron chi connectivity index (χ3n) is 6.62. The molecular formula is C29H33F2N3O4. The molecule has 1 fully saturated rings. The first-order valence-electron chi connectivity index (χ1n) is 12.7. The molecule has 0 saturated carbocycles. The highest BCUT2D eigenvalue weighted by atomic mass is 19.3. The lowest BCUT2D eigenvalue weighted by atomic mass is 10.0. The van der Waals surface area contributed by atoms with Crippen LogP contribution < -0.4 is 10.1 Å². The van der Waals surface area contributed by atoms with E-state index in [1.165, 1.54) is 6.07 Å². The zero-order valence-corrected chi connectivity index (χ0v) is 21.8. The second-order valence-corrected chi connectivity index (χ2v) is 9.84. The lowest BCUT2D eigenvalue weighted by Gasteiger charge is -2.45. The van der Waals surface area contributed by atoms with Gasteiger partial charge in [-0.25, -0.2) is 0 Å². The van der Waals surface area contributed by atoms with E-state index in [1.807, 2.05) is 62.1 Å². The molecule has 1 aliphatic rings. The minimum atomic E-state index is -2.93. The number of hydrogen-bond acceptors (Lipinski definition) is 5. The summed E-state index contributed by atoms with van der Waals surface area (Å²) in [5.74, 6) is 0.244. The van der Waals surface area contributed by atoms with Gasteiger partial charge < -0.3 is 19.4 Å². The van der Waals surface area contributed by atoms with Crippen LogP contribution in [0.15, 0.2) is 71.3 Å². The van der Waals surface area contributed by atoms with E-state index in [9.17, 15) is 18.4 Å². The first-order chi connectivity index (χ1) is 18.2. The molecule has 2 heterocycles. The number of piperazine rings is 1. The summed E-state index contributed by atoms with van der Waals surface area (Å²) >= 11 is 0. The summed E-state index contributed by atoms with van der Waals surface area (Å²) < 4.78 is 35.9. The van der Waals surface area contributed by atoms with Gasteiger partial charge in [0.1, 0.15) is 17.6 Å². The molecule has 0 aliphatic carbocycles. The van der Waals surface area contributed by atoms with E-state index >= 15 is 0 Å². The first kappa shape index (κ1) is 27.3. The zero-order chi connectivity index (χ0) is 27.2. The van der Waals surface area contributed by atoms with Crippen LogP contribution in [-0.4, -0.2) is 53.4 Å². The SMILES string of the molecule is CC(C)C(=O)N1C(C)CN(Cc2ccccc2OC(F)F)CC1C(=O)NCc1ccc(-c2ccco2)cc1. The molecule has 1 aromatic heterocycles. The highest BCUT2D eigenvalue weighted by Gasteiger charge is 2.40. The van der Waals surface area contributed by atoms with Crippen molar-refractivity contribution in [3.63, 3.8) is 0 Å². The van der Waals surface area contributed by atoms with Gasteiger partial charge in [-0.1, -0.05) is 56.3 Å². The van der Waals surface area contributed by atoms with E-state index in [0.29, 0.717) is 25.2 Å². The van der Waals surface area contributed by atoms with Crippen LogP contribution in [0.25, 0.3) is 11.3 Å². The van der Waals surface area contributed by atoms with Crippen molar-refractivity contribution in [2.45, 2.75) is 52.6 Å². The quantitative estimate of drug-likeness (QED) is 0.429. The number of carbonyl (C=O) groups is 2. The minimum absolute atomic E-state index is 0.0958. The second kappa shape index (κ2) is 12.2. The summed E-state index contributed by atoms with van der Waals surface area (Å²) in [4.78, 5) is 30.2. The van der Waals surface area contributed by atoms with Crippen molar-refractivity contribution >= 4 is 11.8 Å². The number of para-hydroxylation sites is 1. The Balaban J connectivity index is 1.48. The molecule has 202 valence electrons. The number of hydrogen-bond donors (Lipinski definition) is 1. The highest BCUT2D eigenvalue weighted by Crippen LogP contribution is 2.26. The van der Waals surface area contributed by atoms with Crippen LogP contribution in [0.3, 0.4) is 0 Å². The molecule has 7 nitrogen and oxygen atoms in total. The summed E-state index contributed by atoms with van der Waals surface area (Å²) in [6, 6.07) is 17.1. The van der Waals surface area contributed by atoms with Crippen molar-refractivity contribution in [1.29, 1.82) is 0 Å². The Hall–Kier alpha value is -3.72. The van der Waals surface area contributed by atoms with Crippen LogP contribution in [-0.2, 0) is 22.7 Å². The van der Waals surface area contributed by atoms with E-state index in [0.717, 1.165) is 16.9 Å². The maximum absolute atomic E-state index is 13.4. The molecule has 4 rings (SSSR count). The van der Waals surface area contributed by atoms with Crippen LogP contribution in [0.4, 0.5) is 8.78 Å². The standard InChI is InChI=1S/C29H33F2N3O4/c1-19(2)28(36)34-20(3)16-33(17-23-7-4-5-8-26(23)38-29(30)31)18-24(34)27(35)32-15-21-10-12-22(13-11-21)25-9-6-14-37-25/h4-14,19-20,24,29H,15-18H2,1-3H3,(H,32,35). The fourth-order valence-electron chi connectivity index (χ4n) is 4.81. The number of ether oxygens (including phenoxy) is 1. The Morgan fingerprint density at radius 3 is 2.45 bits per heavy atom. The average molecular weight is 526 g/mol. The van der Waals surface area contributed by atoms with Crippen molar-refractivity contribution in [3.05, 3.63) is 78.1 Å². The lowest BCUT2D eigenvalue weighted by Crippen LogP contribution is -2.64. The molecule has 0 radical (unpaired) electrons.